The lowest BCUT2D eigenvalue weighted by Crippen LogP contribution is -2.25. The number of para-hydroxylation sites is 2. The van der Waals surface area contributed by atoms with E-state index in [1.165, 1.54) is 0 Å². The van der Waals surface area contributed by atoms with Gasteiger partial charge in [-0.25, -0.2) is 0 Å². The zero-order valence-corrected chi connectivity index (χ0v) is 19.1. The molecule has 7 nitrogen and oxygen atoms in total. The van der Waals surface area contributed by atoms with Gasteiger partial charge in [0.25, 0.3) is 5.91 Å². The Balaban J connectivity index is 1.24. The Kier molecular flexibility index (Phi) is 5.60. The molecule has 8 heteroatoms. The van der Waals surface area contributed by atoms with Gasteiger partial charge in [-0.2, -0.15) is 4.98 Å². The number of nitrogens with one attached hydrogen (secondary N) is 1. The summed E-state index contributed by atoms with van der Waals surface area (Å²) in [6, 6.07) is 17.2. The van der Waals surface area contributed by atoms with Crippen molar-refractivity contribution in [2.24, 2.45) is 0 Å². The van der Waals surface area contributed by atoms with Gasteiger partial charge in [-0.1, -0.05) is 41.6 Å². The van der Waals surface area contributed by atoms with Crippen LogP contribution in [0.1, 0.15) is 30.9 Å². The maximum absolute atomic E-state index is 12.7. The fourth-order valence-corrected chi connectivity index (χ4v) is 4.47. The van der Waals surface area contributed by atoms with E-state index in [-0.39, 0.29) is 18.1 Å². The summed E-state index contributed by atoms with van der Waals surface area (Å²) in [6.45, 7) is 3.94. The molecule has 0 spiro atoms. The first kappa shape index (κ1) is 21.2. The maximum atomic E-state index is 12.7. The second kappa shape index (κ2) is 8.71. The van der Waals surface area contributed by atoms with Crippen LogP contribution >= 0.6 is 11.3 Å². The van der Waals surface area contributed by atoms with E-state index >= 15 is 0 Å². The number of rotatable bonds is 7. The van der Waals surface area contributed by atoms with Crippen LogP contribution in [-0.2, 0) is 17.6 Å². The number of fused-ring (bicyclic) bond motifs is 1. The van der Waals surface area contributed by atoms with Crippen molar-refractivity contribution >= 4 is 22.9 Å². The van der Waals surface area contributed by atoms with Gasteiger partial charge in [0.2, 0.25) is 11.7 Å². The van der Waals surface area contributed by atoms with Crippen LogP contribution in [0.25, 0.3) is 10.7 Å². The lowest BCUT2D eigenvalue weighted by atomic mass is 10.0. The van der Waals surface area contributed by atoms with Crippen molar-refractivity contribution < 1.29 is 18.8 Å². The van der Waals surface area contributed by atoms with Gasteiger partial charge in [-0.05, 0) is 43.0 Å². The molecule has 0 unspecified atom stereocenters. The average Bonchev–Trinajstić information content (AvgIpc) is 3.52. The minimum atomic E-state index is -0.277. The minimum Gasteiger partial charge on any atom is -0.483 e. The van der Waals surface area contributed by atoms with E-state index in [2.05, 4.69) is 15.5 Å². The number of anilines is 1. The van der Waals surface area contributed by atoms with Crippen LogP contribution in [0, 0.1) is 0 Å². The van der Waals surface area contributed by atoms with Crippen LogP contribution in [0.15, 0.2) is 64.5 Å². The first-order valence-electron chi connectivity index (χ1n) is 10.6. The molecule has 5 rings (SSSR count). The average molecular weight is 462 g/mol. The number of hydrogen-bond donors (Lipinski definition) is 1. The molecule has 0 radical (unpaired) electrons. The quantitative estimate of drug-likeness (QED) is 0.411. The van der Waals surface area contributed by atoms with Gasteiger partial charge in [-0.3, -0.25) is 4.79 Å². The molecule has 33 heavy (non-hydrogen) atoms. The van der Waals surface area contributed by atoms with Gasteiger partial charge < -0.3 is 19.3 Å². The van der Waals surface area contributed by atoms with Crippen LogP contribution in [0.4, 0.5) is 5.69 Å². The van der Waals surface area contributed by atoms with Gasteiger partial charge in [-0.15, -0.1) is 11.3 Å². The van der Waals surface area contributed by atoms with Crippen molar-refractivity contribution in [1.29, 1.82) is 0 Å². The lowest BCUT2D eigenvalue weighted by Gasteiger charge is -2.18. The highest BCUT2D eigenvalue weighted by Crippen LogP contribution is 2.41. The zero-order chi connectivity index (χ0) is 22.8. The Morgan fingerprint density at radius 1 is 1.15 bits per heavy atom. The van der Waals surface area contributed by atoms with Crippen molar-refractivity contribution in [2.75, 3.05) is 11.9 Å². The SMILES string of the molecule is CC1(C)Cc2cccc(OCC(=O)Nc3ccccc3Cc3nc(-c4cccs4)no3)c2O1. The Morgan fingerprint density at radius 3 is 2.88 bits per heavy atom. The molecule has 1 amide bonds. The van der Waals surface area contributed by atoms with E-state index in [0.29, 0.717) is 35.3 Å². The molecular weight excluding hydrogens is 438 g/mol. The van der Waals surface area contributed by atoms with Crippen molar-refractivity contribution in [3.63, 3.8) is 0 Å². The highest BCUT2D eigenvalue weighted by Gasteiger charge is 2.32. The van der Waals surface area contributed by atoms with E-state index in [1.807, 2.05) is 73.8 Å². The number of nitrogens with zero attached hydrogens (tertiary/aromatic N) is 2. The lowest BCUT2D eigenvalue weighted by molar-refractivity contribution is -0.118. The van der Waals surface area contributed by atoms with E-state index < -0.39 is 0 Å². The number of hydrogen-bond acceptors (Lipinski definition) is 7. The van der Waals surface area contributed by atoms with Crippen LogP contribution in [0.5, 0.6) is 11.5 Å². The molecule has 0 saturated carbocycles. The van der Waals surface area contributed by atoms with Crippen LogP contribution in [0.2, 0.25) is 0 Å². The molecule has 168 valence electrons. The summed E-state index contributed by atoms with van der Waals surface area (Å²) in [5, 5.41) is 8.95. The van der Waals surface area contributed by atoms with Gasteiger partial charge in [0.1, 0.15) is 5.60 Å². The zero-order valence-electron chi connectivity index (χ0n) is 18.3. The summed E-state index contributed by atoms with van der Waals surface area (Å²) in [6.07, 6.45) is 1.22. The smallest absolute Gasteiger partial charge is 0.262 e. The predicted molar refractivity (Wildman–Crippen MR) is 126 cm³/mol. The fourth-order valence-electron chi connectivity index (χ4n) is 3.82. The maximum Gasteiger partial charge on any atom is 0.262 e. The molecule has 3 heterocycles. The number of ether oxygens (including phenoxy) is 2. The molecular formula is C25H23N3O4S. The van der Waals surface area contributed by atoms with Crippen LogP contribution in [0.3, 0.4) is 0 Å². The van der Waals surface area contributed by atoms with E-state index in [4.69, 9.17) is 14.0 Å². The van der Waals surface area contributed by atoms with Crippen molar-refractivity contribution in [3.8, 4) is 22.2 Å². The second-order valence-corrected chi connectivity index (χ2v) is 9.39. The normalized spacial score (nSPS) is 13.9. The number of thiophene rings is 1. The molecule has 2 aromatic carbocycles. The first-order valence-corrected chi connectivity index (χ1v) is 11.5. The van der Waals surface area contributed by atoms with E-state index in [1.54, 1.807) is 11.3 Å². The van der Waals surface area contributed by atoms with Crippen LogP contribution in [-0.4, -0.2) is 28.3 Å². The molecule has 0 saturated heterocycles. The number of carbonyl (C=O) groups is 1. The Bertz CT molecular complexity index is 1280. The summed E-state index contributed by atoms with van der Waals surface area (Å²) in [7, 11) is 0. The number of amides is 1. The summed E-state index contributed by atoms with van der Waals surface area (Å²) in [4.78, 5) is 18.1. The highest BCUT2D eigenvalue weighted by molar-refractivity contribution is 7.13. The summed E-state index contributed by atoms with van der Waals surface area (Å²) < 4.78 is 17.2. The molecule has 1 aliphatic heterocycles. The monoisotopic (exact) mass is 461 g/mol. The fraction of sp³-hybridized carbons (Fsp3) is 0.240. The molecule has 2 aromatic heterocycles. The van der Waals surface area contributed by atoms with Crippen molar-refractivity contribution in [3.05, 3.63) is 77.0 Å². The molecule has 4 aromatic rings. The summed E-state index contributed by atoms with van der Waals surface area (Å²) >= 11 is 1.55. The second-order valence-electron chi connectivity index (χ2n) is 8.44. The molecule has 0 aliphatic carbocycles. The number of aromatic nitrogens is 2. The van der Waals surface area contributed by atoms with Crippen molar-refractivity contribution in [2.45, 2.75) is 32.3 Å². The largest absolute Gasteiger partial charge is 0.483 e. The third-order valence-electron chi connectivity index (χ3n) is 5.26. The Morgan fingerprint density at radius 2 is 2.03 bits per heavy atom. The van der Waals surface area contributed by atoms with Gasteiger partial charge in [0.15, 0.2) is 18.1 Å². The third kappa shape index (κ3) is 4.75. The third-order valence-corrected chi connectivity index (χ3v) is 6.12. The topological polar surface area (TPSA) is 86.5 Å². The summed E-state index contributed by atoms with van der Waals surface area (Å²) in [5.74, 6) is 2.08. The number of carbonyl (C=O) groups excluding carboxylic acids is 1. The van der Waals surface area contributed by atoms with Gasteiger partial charge in [0, 0.05) is 17.7 Å². The van der Waals surface area contributed by atoms with Gasteiger partial charge >= 0.3 is 0 Å². The molecule has 1 aliphatic rings. The Hall–Kier alpha value is -3.65. The van der Waals surface area contributed by atoms with Crippen molar-refractivity contribution in [1.82, 2.24) is 10.1 Å². The van der Waals surface area contributed by atoms with E-state index in [9.17, 15) is 4.79 Å². The Labute approximate surface area is 195 Å². The highest BCUT2D eigenvalue weighted by atomic mass is 32.1. The molecule has 1 N–H and O–H groups in total. The number of benzene rings is 2. The molecule has 0 atom stereocenters. The van der Waals surface area contributed by atoms with Crippen LogP contribution < -0.4 is 14.8 Å². The molecule has 0 bridgehead atoms. The minimum absolute atomic E-state index is 0.127. The van der Waals surface area contributed by atoms with Gasteiger partial charge in [0.05, 0.1) is 11.3 Å². The molecule has 0 fully saturated rings. The summed E-state index contributed by atoms with van der Waals surface area (Å²) in [5.41, 5.74) is 2.36. The predicted octanol–water partition coefficient (Wildman–Crippen LogP) is 5.12. The first-order chi connectivity index (χ1) is 16.0. The standard InChI is InChI=1S/C25H23N3O4S/c1-25(2)14-17-8-5-10-19(23(17)31-25)30-15-21(29)26-18-9-4-3-7-16(18)13-22-27-24(28-32-22)20-11-6-12-33-20/h3-12H,13-15H2,1-2H3,(H,26,29). The van der Waals surface area contributed by atoms with E-state index in [0.717, 1.165) is 22.4 Å².